The predicted molar refractivity (Wildman–Crippen MR) is 12.5 cm³/mol. The van der Waals surface area contributed by atoms with Crippen molar-refractivity contribution >= 4 is 12.4 Å². The second-order valence-electron chi connectivity index (χ2n) is 0.0745. The average molecular weight is 164 g/mol. The van der Waals surface area contributed by atoms with E-state index >= 15 is 0 Å². The summed E-state index contributed by atoms with van der Waals surface area (Å²) in [5.41, 5.74) is 0. The molecule has 0 aromatic heterocycles. The van der Waals surface area contributed by atoms with Gasteiger partial charge >= 0.3 is 28.7 Å². The molecule has 0 aliphatic carbocycles. The maximum absolute atomic E-state index is 5.78. The van der Waals surface area contributed by atoms with Crippen molar-refractivity contribution in [3.05, 3.63) is 10.2 Å². The molecule has 0 aliphatic rings. The Morgan fingerprint density at radius 2 is 1.75 bits per heavy atom. The summed E-state index contributed by atoms with van der Waals surface area (Å²) < 4.78 is 2.64. The van der Waals surface area contributed by atoms with Crippen LogP contribution in [0.4, 0.5) is 0 Å². The second-order valence-corrected chi connectivity index (χ2v) is 0.441. The second kappa shape index (κ2) is 9.98. The Bertz CT molecular complexity index is 29.5. The molecule has 0 rings (SSSR count). The van der Waals surface area contributed by atoms with Crippen LogP contribution in [0, 0.1) is 6.57 Å². The molecule has 4 heavy (non-hydrogen) atoms. The summed E-state index contributed by atoms with van der Waals surface area (Å²) in [6.45, 7) is 5.78. The van der Waals surface area contributed by atoms with E-state index in [9.17, 15) is 0 Å². The van der Waals surface area contributed by atoms with E-state index in [0.717, 1.165) is 0 Å². The smallest absolute Gasteiger partial charge is 0 e. The van der Waals surface area contributed by atoms with E-state index in [1.165, 1.54) is 0 Å². The third-order valence-corrected chi connectivity index (χ3v) is 0. The summed E-state index contributed by atoms with van der Waals surface area (Å²) >= 11 is 2.02. The van der Waals surface area contributed by atoms with Crippen LogP contribution in [0.5, 0.6) is 0 Å². The van der Waals surface area contributed by atoms with E-state index < -0.39 is 0 Å². The van der Waals surface area contributed by atoms with Crippen LogP contribution in [0.2, 0.25) is 0 Å². The fourth-order valence-corrected chi connectivity index (χ4v) is 0. The monoisotopic (exact) mass is 164 g/mol. The van der Waals surface area contributed by atoms with Crippen LogP contribution < -0.4 is 0 Å². The summed E-state index contributed by atoms with van der Waals surface area (Å²) in [5, 5.41) is 0. The Balaban J connectivity index is 0. The molecule has 0 saturated carbocycles. The van der Waals surface area contributed by atoms with Crippen LogP contribution >= 0.6 is 12.4 Å². The number of hydrogen-bond acceptors (Lipinski definition) is 0. The Morgan fingerprint density at radius 1 is 1.75 bits per heavy atom. The van der Waals surface area contributed by atoms with E-state index in [0.29, 0.717) is 0 Å². The van der Waals surface area contributed by atoms with Crippen molar-refractivity contribution in [1.82, 2.24) is 0 Å². The van der Waals surface area contributed by atoms with E-state index in [-0.39, 0.29) is 12.4 Å². The summed E-state index contributed by atoms with van der Waals surface area (Å²) in [7, 11) is 0. The van der Waals surface area contributed by atoms with Crippen molar-refractivity contribution in [2.75, 3.05) is 0 Å². The minimum atomic E-state index is 0. The third-order valence-electron chi connectivity index (χ3n) is 0. The Kier molecular flexibility index (Phi) is 22.0. The van der Waals surface area contributed by atoms with Crippen LogP contribution in [0.3, 0.4) is 0 Å². The average Bonchev–Trinajstić information content (AvgIpc) is 0.918. The van der Waals surface area contributed by atoms with Crippen molar-refractivity contribution in [3.63, 3.8) is 0 Å². The van der Waals surface area contributed by atoms with Gasteiger partial charge in [-0.1, -0.05) is 0 Å². The molecule has 1 nitrogen and oxygen atoms in total. The van der Waals surface area contributed by atoms with Crippen LogP contribution in [0.15, 0.2) is 0 Å². The Morgan fingerprint density at radius 3 is 1.75 bits per heavy atom. The molecule has 0 aromatic carbocycles. The first-order chi connectivity index (χ1) is 1.41. The van der Waals surface area contributed by atoms with Gasteiger partial charge in [-0.15, -0.1) is 0 Å². The molecule has 0 aliphatic heterocycles. The molecule has 0 amide bonds. The summed E-state index contributed by atoms with van der Waals surface area (Å²) in [4.78, 5) is 0. The van der Waals surface area contributed by atoms with Gasteiger partial charge in [0, 0.05) is 12.4 Å². The van der Waals surface area contributed by atoms with Gasteiger partial charge in [0.1, 0.15) is 0 Å². The first-order valence-electron chi connectivity index (χ1n) is 0.373. The van der Waals surface area contributed by atoms with Crippen molar-refractivity contribution in [1.29, 1.82) is 0 Å². The molecule has 0 bridgehead atoms. The Labute approximate surface area is 41.6 Å². The molecular weight excluding hydrogens is 164 g/mol. The van der Waals surface area contributed by atoms with Crippen molar-refractivity contribution < 1.29 is 18.5 Å². The molecule has 25 valence electrons. The molecule has 0 unspecified atom stereocenters. The van der Waals surface area contributed by atoms with E-state index in [1.54, 1.807) is 0 Å². The largest absolute Gasteiger partial charge is 0 e. The quantitative estimate of drug-likeness (QED) is 0.372. The SMILES string of the molecule is [C-]#[N+][Rh].[Cl]. The van der Waals surface area contributed by atoms with Crippen molar-refractivity contribution in [2.24, 2.45) is 0 Å². The zero-order valence-corrected chi connectivity index (χ0v) is 4.05. The first kappa shape index (κ1) is 8.83. The van der Waals surface area contributed by atoms with Gasteiger partial charge in [-0.3, -0.25) is 0 Å². The predicted octanol–water partition coefficient (Wildman–Crippen LogP) is 1.06. The number of hydrogen-bond donors (Lipinski definition) is 0. The normalized spacial score (nSPS) is 2.25. The van der Waals surface area contributed by atoms with E-state index in [4.69, 9.17) is 6.57 Å². The zero-order chi connectivity index (χ0) is 2.71. The molecule has 0 atom stereocenters. The molecule has 3 heteroatoms. The molecule has 0 saturated heterocycles. The van der Waals surface area contributed by atoms with Gasteiger partial charge in [0.2, 0.25) is 0 Å². The standard InChI is InChI=1S/CN.Cl.Rh/c1-2;;/q-1;;+1. The topological polar surface area (TPSA) is 4.36 Å². The number of nitrogens with zero attached hydrogens (tertiary/aromatic N) is 1. The molecule has 0 heterocycles. The van der Waals surface area contributed by atoms with Crippen LogP contribution in [-0.2, 0) is 18.5 Å². The molecular formula is CClNRh. The summed E-state index contributed by atoms with van der Waals surface area (Å²) in [5.74, 6) is 0. The molecule has 0 aromatic rings. The van der Waals surface area contributed by atoms with Crippen molar-refractivity contribution in [3.8, 4) is 0 Å². The van der Waals surface area contributed by atoms with Crippen molar-refractivity contribution in [2.45, 2.75) is 0 Å². The van der Waals surface area contributed by atoms with Gasteiger partial charge in [-0.05, 0) is 0 Å². The van der Waals surface area contributed by atoms with E-state index in [1.807, 2.05) is 18.5 Å². The summed E-state index contributed by atoms with van der Waals surface area (Å²) in [6.07, 6.45) is 0. The number of halogens is 1. The maximum Gasteiger partial charge on any atom is 0 e. The van der Waals surface area contributed by atoms with Crippen LogP contribution in [0.1, 0.15) is 0 Å². The molecule has 1 radical (unpaired) electrons. The third kappa shape index (κ3) is 29.1. The van der Waals surface area contributed by atoms with Gasteiger partial charge in [0.05, 0.1) is 0 Å². The number of rotatable bonds is 0. The Hall–Kier alpha value is 0.403. The van der Waals surface area contributed by atoms with Gasteiger partial charge < -0.3 is 0 Å². The van der Waals surface area contributed by atoms with Gasteiger partial charge in [-0.2, -0.15) is 0 Å². The molecule has 0 spiro atoms. The summed E-state index contributed by atoms with van der Waals surface area (Å²) in [6, 6.07) is 0. The minimum Gasteiger partial charge on any atom is 0 e. The molecule has 0 fully saturated rings. The molecule has 0 N–H and O–H groups in total. The van der Waals surface area contributed by atoms with Crippen LogP contribution in [0.25, 0.3) is 3.59 Å². The minimum absolute atomic E-state index is 0. The van der Waals surface area contributed by atoms with E-state index in [2.05, 4.69) is 3.59 Å². The van der Waals surface area contributed by atoms with Gasteiger partial charge in [0.25, 0.3) is 0 Å². The van der Waals surface area contributed by atoms with Crippen LogP contribution in [-0.4, -0.2) is 0 Å². The van der Waals surface area contributed by atoms with Gasteiger partial charge in [-0.25, -0.2) is 0 Å². The zero-order valence-electron chi connectivity index (χ0n) is 1.66. The maximum atomic E-state index is 5.78. The fraction of sp³-hybridized carbons (Fsp3) is 0. The van der Waals surface area contributed by atoms with Gasteiger partial charge in [0.15, 0.2) is 0 Å². The first-order valence-corrected chi connectivity index (χ1v) is 1.11. The fourth-order valence-electron chi connectivity index (χ4n) is 0.